The van der Waals surface area contributed by atoms with Crippen molar-refractivity contribution in [2.75, 3.05) is 6.61 Å². The van der Waals surface area contributed by atoms with Gasteiger partial charge < -0.3 is 15.2 Å². The molecule has 1 unspecified atom stereocenters. The Morgan fingerprint density at radius 3 is 2.68 bits per heavy atom. The summed E-state index contributed by atoms with van der Waals surface area (Å²) in [6.07, 6.45) is 2.25. The standard InChI is InChI=1S/C19H25N3O3/c1-14(2)8-17(12-25-11-15-6-4-3-5-7-15)20-10-16-9-18(19(23)24)22-13-21-16/h3-7,9,13-14,17,20H,8,10-12H2,1-2H3,(H,23,24). The number of carbonyl (C=O) groups is 1. The fourth-order valence-corrected chi connectivity index (χ4v) is 2.53. The van der Waals surface area contributed by atoms with E-state index in [0.29, 0.717) is 31.4 Å². The zero-order valence-corrected chi connectivity index (χ0v) is 14.7. The molecule has 0 saturated carbocycles. The monoisotopic (exact) mass is 343 g/mol. The molecule has 0 aliphatic rings. The number of hydrogen-bond donors (Lipinski definition) is 2. The van der Waals surface area contributed by atoms with Crippen molar-refractivity contribution in [3.63, 3.8) is 0 Å². The van der Waals surface area contributed by atoms with Crippen molar-refractivity contribution < 1.29 is 14.6 Å². The van der Waals surface area contributed by atoms with Gasteiger partial charge in [0.05, 0.1) is 18.9 Å². The summed E-state index contributed by atoms with van der Waals surface area (Å²) in [6, 6.07) is 11.7. The molecule has 0 radical (unpaired) electrons. The third kappa shape index (κ3) is 6.99. The van der Waals surface area contributed by atoms with Crippen molar-refractivity contribution in [1.82, 2.24) is 15.3 Å². The van der Waals surface area contributed by atoms with Crippen LogP contribution in [0.25, 0.3) is 0 Å². The highest BCUT2D eigenvalue weighted by molar-refractivity contribution is 5.85. The van der Waals surface area contributed by atoms with Crippen LogP contribution >= 0.6 is 0 Å². The fourth-order valence-electron chi connectivity index (χ4n) is 2.53. The minimum Gasteiger partial charge on any atom is -0.477 e. The first-order valence-corrected chi connectivity index (χ1v) is 8.44. The van der Waals surface area contributed by atoms with E-state index in [1.165, 1.54) is 12.4 Å². The van der Waals surface area contributed by atoms with Crippen LogP contribution in [0.3, 0.4) is 0 Å². The summed E-state index contributed by atoms with van der Waals surface area (Å²) in [5.41, 5.74) is 1.81. The van der Waals surface area contributed by atoms with Gasteiger partial charge in [-0.25, -0.2) is 14.8 Å². The Hall–Kier alpha value is -2.31. The first kappa shape index (κ1) is 19.0. The maximum atomic E-state index is 11.0. The molecular formula is C19H25N3O3. The SMILES string of the molecule is CC(C)CC(COCc1ccccc1)NCc1cc(C(=O)O)ncn1. The first-order valence-electron chi connectivity index (χ1n) is 8.44. The number of carboxylic acid groups (broad SMARTS) is 1. The van der Waals surface area contributed by atoms with Gasteiger partial charge in [-0.15, -0.1) is 0 Å². The molecule has 2 N–H and O–H groups in total. The Balaban J connectivity index is 1.86. The van der Waals surface area contributed by atoms with Crippen LogP contribution in [-0.4, -0.2) is 33.7 Å². The van der Waals surface area contributed by atoms with Crippen molar-refractivity contribution in [3.8, 4) is 0 Å². The first-order chi connectivity index (χ1) is 12.0. The average molecular weight is 343 g/mol. The van der Waals surface area contributed by atoms with E-state index in [2.05, 4.69) is 29.1 Å². The van der Waals surface area contributed by atoms with E-state index in [9.17, 15) is 4.79 Å². The molecule has 2 rings (SSSR count). The van der Waals surface area contributed by atoms with Crippen molar-refractivity contribution in [2.24, 2.45) is 5.92 Å². The number of nitrogens with one attached hydrogen (secondary N) is 1. The van der Waals surface area contributed by atoms with E-state index in [4.69, 9.17) is 9.84 Å². The lowest BCUT2D eigenvalue weighted by Crippen LogP contribution is -2.34. The summed E-state index contributed by atoms with van der Waals surface area (Å²) in [7, 11) is 0. The maximum absolute atomic E-state index is 11.0. The highest BCUT2D eigenvalue weighted by Crippen LogP contribution is 2.08. The van der Waals surface area contributed by atoms with Crippen LogP contribution in [0.15, 0.2) is 42.7 Å². The Labute approximate surface area is 148 Å². The molecule has 1 aromatic heterocycles. The van der Waals surface area contributed by atoms with Gasteiger partial charge in [-0.3, -0.25) is 0 Å². The van der Waals surface area contributed by atoms with Crippen LogP contribution in [0, 0.1) is 5.92 Å². The number of aromatic nitrogens is 2. The molecule has 0 saturated heterocycles. The molecule has 6 nitrogen and oxygen atoms in total. The topological polar surface area (TPSA) is 84.3 Å². The van der Waals surface area contributed by atoms with E-state index in [1.54, 1.807) is 0 Å². The zero-order chi connectivity index (χ0) is 18.1. The van der Waals surface area contributed by atoms with Gasteiger partial charge in [0.15, 0.2) is 5.69 Å². The molecule has 1 atom stereocenters. The van der Waals surface area contributed by atoms with Gasteiger partial charge in [-0.1, -0.05) is 44.2 Å². The van der Waals surface area contributed by atoms with Crippen molar-refractivity contribution in [1.29, 1.82) is 0 Å². The largest absolute Gasteiger partial charge is 0.477 e. The van der Waals surface area contributed by atoms with Gasteiger partial charge >= 0.3 is 5.97 Å². The van der Waals surface area contributed by atoms with Gasteiger partial charge in [-0.2, -0.15) is 0 Å². The second-order valence-corrected chi connectivity index (χ2v) is 6.41. The predicted octanol–water partition coefficient (Wildman–Crippen LogP) is 2.90. The van der Waals surface area contributed by atoms with E-state index in [1.807, 2.05) is 30.3 Å². The number of rotatable bonds is 10. The quantitative estimate of drug-likeness (QED) is 0.690. The number of carboxylic acids is 1. The summed E-state index contributed by atoms with van der Waals surface area (Å²) in [5, 5.41) is 12.4. The van der Waals surface area contributed by atoms with Crippen LogP contribution in [0.2, 0.25) is 0 Å². The lowest BCUT2D eigenvalue weighted by Gasteiger charge is -2.20. The smallest absolute Gasteiger partial charge is 0.354 e. The lowest BCUT2D eigenvalue weighted by molar-refractivity contribution is 0.0690. The van der Waals surface area contributed by atoms with Gasteiger partial charge in [0, 0.05) is 12.6 Å². The summed E-state index contributed by atoms with van der Waals surface area (Å²) in [5.74, 6) is -0.522. The summed E-state index contributed by atoms with van der Waals surface area (Å²) >= 11 is 0. The molecule has 134 valence electrons. The molecule has 0 bridgehead atoms. The Morgan fingerprint density at radius 2 is 2.00 bits per heavy atom. The van der Waals surface area contributed by atoms with Gasteiger partial charge in [0.25, 0.3) is 0 Å². The van der Waals surface area contributed by atoms with Crippen LogP contribution in [0.1, 0.15) is 42.0 Å². The van der Waals surface area contributed by atoms with Crippen molar-refractivity contribution in [2.45, 2.75) is 39.5 Å². The van der Waals surface area contributed by atoms with E-state index < -0.39 is 5.97 Å². The Bertz CT molecular complexity index is 662. The molecule has 0 amide bonds. The number of nitrogens with zero attached hydrogens (tertiary/aromatic N) is 2. The van der Waals surface area contributed by atoms with Crippen molar-refractivity contribution >= 4 is 5.97 Å². The summed E-state index contributed by atoms with van der Waals surface area (Å²) in [6.45, 7) is 5.98. The van der Waals surface area contributed by atoms with Crippen LogP contribution in [-0.2, 0) is 17.9 Å². The highest BCUT2D eigenvalue weighted by Gasteiger charge is 2.12. The highest BCUT2D eigenvalue weighted by atomic mass is 16.5. The Morgan fingerprint density at radius 1 is 1.24 bits per heavy atom. The predicted molar refractivity (Wildman–Crippen MR) is 95.2 cm³/mol. The van der Waals surface area contributed by atoms with Crippen molar-refractivity contribution in [3.05, 3.63) is 59.7 Å². The molecule has 0 aliphatic carbocycles. The average Bonchev–Trinajstić information content (AvgIpc) is 2.60. The summed E-state index contributed by atoms with van der Waals surface area (Å²) in [4.78, 5) is 18.8. The molecule has 2 aromatic rings. The van der Waals surface area contributed by atoms with Gasteiger partial charge in [0.1, 0.15) is 6.33 Å². The second-order valence-electron chi connectivity index (χ2n) is 6.41. The van der Waals surface area contributed by atoms with Crippen LogP contribution in [0.5, 0.6) is 0 Å². The van der Waals surface area contributed by atoms with E-state index >= 15 is 0 Å². The molecule has 1 aromatic carbocycles. The normalized spacial score (nSPS) is 12.3. The lowest BCUT2D eigenvalue weighted by atomic mass is 10.0. The fraction of sp³-hybridized carbons (Fsp3) is 0.421. The second kappa shape index (κ2) is 9.86. The number of ether oxygens (including phenoxy) is 1. The van der Waals surface area contributed by atoms with Crippen LogP contribution < -0.4 is 5.32 Å². The third-order valence-electron chi connectivity index (χ3n) is 3.70. The number of aromatic carboxylic acids is 1. The third-order valence-corrected chi connectivity index (χ3v) is 3.70. The minimum absolute atomic E-state index is 0.00698. The molecule has 25 heavy (non-hydrogen) atoms. The molecule has 0 fully saturated rings. The maximum Gasteiger partial charge on any atom is 0.354 e. The number of hydrogen-bond acceptors (Lipinski definition) is 5. The molecule has 0 aliphatic heterocycles. The molecular weight excluding hydrogens is 318 g/mol. The summed E-state index contributed by atoms with van der Waals surface area (Å²) < 4.78 is 5.84. The molecule has 1 heterocycles. The molecule has 0 spiro atoms. The van der Waals surface area contributed by atoms with Gasteiger partial charge in [0.2, 0.25) is 0 Å². The minimum atomic E-state index is -1.05. The Kier molecular flexibility index (Phi) is 7.50. The van der Waals surface area contributed by atoms with Gasteiger partial charge in [-0.05, 0) is 24.0 Å². The number of benzene rings is 1. The zero-order valence-electron chi connectivity index (χ0n) is 14.7. The molecule has 6 heteroatoms. The van der Waals surface area contributed by atoms with Crippen LogP contribution in [0.4, 0.5) is 0 Å². The van der Waals surface area contributed by atoms with E-state index in [-0.39, 0.29) is 11.7 Å². The van der Waals surface area contributed by atoms with E-state index in [0.717, 1.165) is 12.0 Å².